The smallest absolute Gasteiger partial charge is 0.410 e. The first-order valence-electron chi connectivity index (χ1n) is 7.72. The van der Waals surface area contributed by atoms with Gasteiger partial charge >= 0.3 is 6.09 Å². The van der Waals surface area contributed by atoms with E-state index in [2.05, 4.69) is 4.72 Å². The van der Waals surface area contributed by atoms with Gasteiger partial charge in [-0.2, -0.15) is 0 Å². The molecule has 1 atom stereocenters. The van der Waals surface area contributed by atoms with Crippen molar-refractivity contribution in [2.24, 2.45) is 0 Å². The third-order valence-electron chi connectivity index (χ3n) is 3.52. The average Bonchev–Trinajstić information content (AvgIpc) is 2.98. The summed E-state index contributed by atoms with van der Waals surface area (Å²) in [5.74, 6) is 0. The quantitative estimate of drug-likeness (QED) is 0.896. The van der Waals surface area contributed by atoms with Gasteiger partial charge in [0.1, 0.15) is 9.81 Å². The van der Waals surface area contributed by atoms with Gasteiger partial charge in [-0.25, -0.2) is 17.9 Å². The molecule has 23 heavy (non-hydrogen) atoms. The van der Waals surface area contributed by atoms with Crippen molar-refractivity contribution in [3.8, 4) is 0 Å². The van der Waals surface area contributed by atoms with E-state index in [-0.39, 0.29) is 22.9 Å². The highest BCUT2D eigenvalue weighted by Gasteiger charge is 2.31. The lowest BCUT2D eigenvalue weighted by Crippen LogP contribution is -2.50. The number of carbonyl (C=O) groups is 1. The Kier molecular flexibility index (Phi) is 5.70. The van der Waals surface area contributed by atoms with Crippen molar-refractivity contribution < 1.29 is 17.9 Å². The zero-order chi connectivity index (χ0) is 17.1. The van der Waals surface area contributed by atoms with Crippen LogP contribution in [0.25, 0.3) is 0 Å². The third-order valence-corrected chi connectivity index (χ3v) is 6.35. The highest BCUT2D eigenvalue weighted by atomic mass is 32.2. The van der Waals surface area contributed by atoms with E-state index in [4.69, 9.17) is 4.74 Å². The number of ether oxygens (including phenoxy) is 1. The van der Waals surface area contributed by atoms with Crippen LogP contribution in [-0.2, 0) is 14.8 Å². The molecule has 0 aliphatic carbocycles. The predicted molar refractivity (Wildman–Crippen MR) is 90.1 cm³/mol. The van der Waals surface area contributed by atoms with E-state index in [0.717, 1.165) is 19.3 Å². The molecule has 0 bridgehead atoms. The van der Waals surface area contributed by atoms with Gasteiger partial charge in [-0.05, 0) is 51.5 Å². The summed E-state index contributed by atoms with van der Waals surface area (Å²) in [5.41, 5.74) is -0.560. The Morgan fingerprint density at radius 3 is 2.78 bits per heavy atom. The zero-order valence-electron chi connectivity index (χ0n) is 13.7. The average molecular weight is 361 g/mol. The topological polar surface area (TPSA) is 75.7 Å². The van der Waals surface area contributed by atoms with Crippen molar-refractivity contribution in [3.05, 3.63) is 17.5 Å². The summed E-state index contributed by atoms with van der Waals surface area (Å²) < 4.78 is 32.7. The lowest BCUT2D eigenvalue weighted by atomic mass is 10.0. The maximum atomic E-state index is 12.3. The Labute approximate surface area is 141 Å². The van der Waals surface area contributed by atoms with Crippen molar-refractivity contribution in [1.29, 1.82) is 0 Å². The summed E-state index contributed by atoms with van der Waals surface area (Å²) in [4.78, 5) is 14.0. The molecular formula is C15H24N2O4S2. The van der Waals surface area contributed by atoms with Gasteiger partial charge in [0.2, 0.25) is 10.0 Å². The number of carbonyl (C=O) groups excluding carboxylic acids is 1. The SMILES string of the molecule is CC(C)(C)OC(=O)N1CCCC[C@H]1CNS(=O)(=O)c1cccs1. The van der Waals surface area contributed by atoms with E-state index >= 15 is 0 Å². The Morgan fingerprint density at radius 2 is 2.17 bits per heavy atom. The van der Waals surface area contributed by atoms with Crippen LogP contribution in [0.3, 0.4) is 0 Å². The molecule has 0 saturated carbocycles. The molecule has 1 aliphatic rings. The number of nitrogens with one attached hydrogen (secondary N) is 1. The number of sulfonamides is 1. The van der Waals surface area contributed by atoms with E-state index in [1.165, 1.54) is 11.3 Å². The van der Waals surface area contributed by atoms with Crippen molar-refractivity contribution in [3.63, 3.8) is 0 Å². The molecule has 0 unspecified atom stereocenters. The molecule has 1 saturated heterocycles. The van der Waals surface area contributed by atoms with Gasteiger partial charge in [0.15, 0.2) is 0 Å². The van der Waals surface area contributed by atoms with Crippen molar-refractivity contribution in [2.75, 3.05) is 13.1 Å². The number of piperidine rings is 1. The Morgan fingerprint density at radius 1 is 1.43 bits per heavy atom. The number of hydrogen-bond donors (Lipinski definition) is 1. The molecule has 0 aromatic carbocycles. The predicted octanol–water partition coefficient (Wildman–Crippen LogP) is 2.82. The highest BCUT2D eigenvalue weighted by molar-refractivity contribution is 7.91. The highest BCUT2D eigenvalue weighted by Crippen LogP contribution is 2.21. The number of rotatable bonds is 4. The van der Waals surface area contributed by atoms with Gasteiger partial charge in [-0.15, -0.1) is 11.3 Å². The van der Waals surface area contributed by atoms with Crippen LogP contribution in [0.4, 0.5) is 4.79 Å². The Hall–Kier alpha value is -1.12. The second-order valence-corrected chi connectivity index (χ2v) is 9.55. The number of amides is 1. The molecule has 8 heteroatoms. The summed E-state index contributed by atoms with van der Waals surface area (Å²) >= 11 is 1.18. The minimum Gasteiger partial charge on any atom is -0.444 e. The summed E-state index contributed by atoms with van der Waals surface area (Å²) in [6.07, 6.45) is 2.28. The van der Waals surface area contributed by atoms with Crippen molar-refractivity contribution in [1.82, 2.24) is 9.62 Å². The normalized spacial score (nSPS) is 19.6. The fourth-order valence-corrected chi connectivity index (χ4v) is 4.58. The molecule has 1 aromatic heterocycles. The number of likely N-dealkylation sites (tertiary alicyclic amines) is 1. The second-order valence-electron chi connectivity index (χ2n) is 6.61. The number of hydrogen-bond acceptors (Lipinski definition) is 5. The summed E-state index contributed by atoms with van der Waals surface area (Å²) in [7, 11) is -3.51. The lowest BCUT2D eigenvalue weighted by molar-refractivity contribution is 0.0105. The Bertz CT molecular complexity index is 620. The first kappa shape index (κ1) is 18.2. The second kappa shape index (κ2) is 7.19. The van der Waals surface area contributed by atoms with Gasteiger partial charge in [0.05, 0.1) is 0 Å². The molecule has 130 valence electrons. The fourth-order valence-electron chi connectivity index (χ4n) is 2.47. The van der Waals surface area contributed by atoms with Gasteiger partial charge < -0.3 is 9.64 Å². The number of thiophene rings is 1. The van der Waals surface area contributed by atoms with E-state index in [9.17, 15) is 13.2 Å². The summed E-state index contributed by atoms with van der Waals surface area (Å²) in [5, 5.41) is 1.72. The van der Waals surface area contributed by atoms with Crippen LogP contribution < -0.4 is 4.72 Å². The van der Waals surface area contributed by atoms with Crippen LogP contribution >= 0.6 is 11.3 Å². The maximum absolute atomic E-state index is 12.3. The lowest BCUT2D eigenvalue weighted by Gasteiger charge is -2.36. The van der Waals surface area contributed by atoms with Crippen LogP contribution in [-0.4, -0.2) is 44.1 Å². The van der Waals surface area contributed by atoms with E-state index < -0.39 is 15.6 Å². The van der Waals surface area contributed by atoms with Crippen molar-refractivity contribution in [2.45, 2.75) is 55.9 Å². The molecule has 0 spiro atoms. The molecule has 6 nitrogen and oxygen atoms in total. The van der Waals surface area contributed by atoms with Gasteiger partial charge in [0.25, 0.3) is 0 Å². The van der Waals surface area contributed by atoms with Crippen LogP contribution in [0, 0.1) is 0 Å². The van der Waals surface area contributed by atoms with Crippen LogP contribution in [0.2, 0.25) is 0 Å². The first-order chi connectivity index (χ1) is 10.7. The number of nitrogens with zero attached hydrogens (tertiary/aromatic N) is 1. The molecule has 1 fully saturated rings. The zero-order valence-corrected chi connectivity index (χ0v) is 15.4. The monoisotopic (exact) mass is 360 g/mol. The van der Waals surface area contributed by atoms with E-state index in [1.807, 2.05) is 20.8 Å². The minimum absolute atomic E-state index is 0.173. The first-order valence-corrected chi connectivity index (χ1v) is 10.1. The van der Waals surface area contributed by atoms with Crippen molar-refractivity contribution >= 4 is 27.5 Å². The van der Waals surface area contributed by atoms with E-state index in [0.29, 0.717) is 6.54 Å². The third kappa shape index (κ3) is 5.19. The summed E-state index contributed by atoms with van der Waals surface area (Å²) in [6, 6.07) is 3.10. The molecule has 1 N–H and O–H groups in total. The molecule has 0 radical (unpaired) electrons. The van der Waals surface area contributed by atoms with Crippen LogP contribution in [0.1, 0.15) is 40.0 Å². The molecule has 1 aromatic rings. The fraction of sp³-hybridized carbons (Fsp3) is 0.667. The van der Waals surface area contributed by atoms with Gasteiger partial charge in [-0.1, -0.05) is 6.07 Å². The van der Waals surface area contributed by atoms with Gasteiger partial charge in [0, 0.05) is 19.1 Å². The maximum Gasteiger partial charge on any atom is 0.410 e. The Balaban J connectivity index is 2.00. The summed E-state index contributed by atoms with van der Waals surface area (Å²) in [6.45, 7) is 6.27. The molecule has 1 amide bonds. The standard InChI is InChI=1S/C15H24N2O4S2/c1-15(2,3)21-14(18)17-9-5-4-7-12(17)11-16-23(19,20)13-8-6-10-22-13/h6,8,10,12,16H,4-5,7,9,11H2,1-3H3/t12-/m0/s1. The molecule has 2 rings (SSSR count). The molecule has 2 heterocycles. The van der Waals surface area contributed by atoms with Crippen LogP contribution in [0.15, 0.2) is 21.7 Å². The van der Waals surface area contributed by atoms with E-state index in [1.54, 1.807) is 22.4 Å². The largest absolute Gasteiger partial charge is 0.444 e. The minimum atomic E-state index is -3.51. The van der Waals surface area contributed by atoms with Crippen LogP contribution in [0.5, 0.6) is 0 Å². The molecular weight excluding hydrogens is 336 g/mol. The van der Waals surface area contributed by atoms with Gasteiger partial charge in [-0.3, -0.25) is 0 Å². The molecule has 1 aliphatic heterocycles.